The first-order valence-electron chi connectivity index (χ1n) is 11.9. The van der Waals surface area contributed by atoms with Crippen LogP contribution in [0.4, 0.5) is 0 Å². The van der Waals surface area contributed by atoms with Gasteiger partial charge in [-0.2, -0.15) is 0 Å². The lowest BCUT2D eigenvalue weighted by molar-refractivity contribution is -0.655. The molecule has 1 fully saturated rings. The van der Waals surface area contributed by atoms with E-state index < -0.39 is 0 Å². The molecule has 0 bridgehead atoms. The Balaban J connectivity index is 1.56. The summed E-state index contributed by atoms with van der Waals surface area (Å²) in [6, 6.07) is 15.4. The first-order chi connectivity index (χ1) is 15.8. The second-order valence-electron chi connectivity index (χ2n) is 9.65. The number of imidazole rings is 1. The molecule has 0 saturated heterocycles. The normalized spacial score (nSPS) is 20.8. The van der Waals surface area contributed by atoms with E-state index in [1.807, 2.05) is 41.9 Å². The van der Waals surface area contributed by atoms with Gasteiger partial charge in [0.15, 0.2) is 24.2 Å². The van der Waals surface area contributed by atoms with Crippen LogP contribution in [0.3, 0.4) is 0 Å². The van der Waals surface area contributed by atoms with Crippen LogP contribution in [-0.4, -0.2) is 16.6 Å². The Bertz CT molecular complexity index is 1110. The molecular formula is C27H34ClN2O3+. The van der Waals surface area contributed by atoms with Crippen LogP contribution in [0.1, 0.15) is 45.9 Å². The number of aryl methyl sites for hydroxylation is 1. The fraction of sp³-hybridized carbons (Fsp3) is 0.481. The second kappa shape index (κ2) is 10.2. The topological polar surface area (TPSA) is 44.3 Å². The Hall–Kier alpha value is -2.53. The third kappa shape index (κ3) is 5.35. The molecule has 1 saturated carbocycles. The Labute approximate surface area is 201 Å². The van der Waals surface area contributed by atoms with Gasteiger partial charge in [0.1, 0.15) is 11.9 Å². The highest BCUT2D eigenvalue weighted by atomic mass is 35.5. The SMILES string of the molecule is CC(C)[C@H]1CC[C@@H](C)C[C@@H]1OC(=O)Cn1c(COc2ccc(Cl)cc2)[n+](C)c2ccccc21. The van der Waals surface area contributed by atoms with E-state index in [0.29, 0.717) is 29.4 Å². The number of benzene rings is 2. The van der Waals surface area contributed by atoms with Crippen molar-refractivity contribution < 1.29 is 18.8 Å². The average Bonchev–Trinajstić information content (AvgIpc) is 3.04. The van der Waals surface area contributed by atoms with Gasteiger partial charge in [-0.15, -0.1) is 0 Å². The summed E-state index contributed by atoms with van der Waals surface area (Å²) in [5, 5.41) is 0.668. The number of rotatable bonds is 7. The van der Waals surface area contributed by atoms with Crippen LogP contribution in [0.15, 0.2) is 48.5 Å². The minimum absolute atomic E-state index is 0.00871. The maximum absolute atomic E-state index is 13.2. The quantitative estimate of drug-likeness (QED) is 0.329. The van der Waals surface area contributed by atoms with Gasteiger partial charge < -0.3 is 9.47 Å². The number of hydrogen-bond donors (Lipinski definition) is 0. The van der Waals surface area contributed by atoms with Crippen molar-refractivity contribution in [3.05, 3.63) is 59.4 Å². The monoisotopic (exact) mass is 469 g/mol. The van der Waals surface area contributed by atoms with Gasteiger partial charge in [0.05, 0.1) is 7.05 Å². The van der Waals surface area contributed by atoms with Gasteiger partial charge in [-0.25, -0.2) is 13.9 Å². The molecule has 4 rings (SSSR count). The van der Waals surface area contributed by atoms with Crippen molar-refractivity contribution in [2.75, 3.05) is 0 Å². The molecule has 0 unspecified atom stereocenters. The summed E-state index contributed by atoms with van der Waals surface area (Å²) in [6.07, 6.45) is 3.27. The van der Waals surface area contributed by atoms with Gasteiger partial charge >= 0.3 is 5.97 Å². The molecule has 2 aromatic carbocycles. The number of fused-ring (bicyclic) bond motifs is 1. The Morgan fingerprint density at radius 2 is 1.88 bits per heavy atom. The van der Waals surface area contributed by atoms with E-state index in [2.05, 4.69) is 31.4 Å². The summed E-state index contributed by atoms with van der Waals surface area (Å²) in [7, 11) is 2.00. The van der Waals surface area contributed by atoms with Crippen LogP contribution in [0.2, 0.25) is 5.02 Å². The fourth-order valence-electron chi connectivity index (χ4n) is 5.05. The number of halogens is 1. The predicted octanol–water partition coefficient (Wildman–Crippen LogP) is 5.70. The van der Waals surface area contributed by atoms with E-state index >= 15 is 0 Å². The lowest BCUT2D eigenvalue weighted by atomic mass is 9.75. The number of esters is 1. The van der Waals surface area contributed by atoms with E-state index in [0.717, 1.165) is 35.4 Å². The molecular weight excluding hydrogens is 436 g/mol. The van der Waals surface area contributed by atoms with Gasteiger partial charge in [0.2, 0.25) is 0 Å². The molecule has 1 heterocycles. The van der Waals surface area contributed by atoms with Crippen LogP contribution < -0.4 is 9.30 Å². The van der Waals surface area contributed by atoms with Crippen molar-refractivity contribution in [2.24, 2.45) is 24.8 Å². The van der Waals surface area contributed by atoms with E-state index in [4.69, 9.17) is 21.1 Å². The summed E-state index contributed by atoms with van der Waals surface area (Å²) >= 11 is 5.99. The van der Waals surface area contributed by atoms with Gasteiger partial charge in [0.25, 0.3) is 5.82 Å². The van der Waals surface area contributed by atoms with Crippen LogP contribution in [0.25, 0.3) is 11.0 Å². The summed E-state index contributed by atoms with van der Waals surface area (Å²) in [6.45, 7) is 7.20. The van der Waals surface area contributed by atoms with E-state index in [1.54, 1.807) is 12.1 Å². The molecule has 0 aliphatic heterocycles. The third-order valence-electron chi connectivity index (χ3n) is 6.95. The number of nitrogens with zero attached hydrogens (tertiary/aromatic N) is 2. The van der Waals surface area contributed by atoms with Crippen LogP contribution in [0.5, 0.6) is 5.75 Å². The zero-order valence-electron chi connectivity index (χ0n) is 20.0. The predicted molar refractivity (Wildman–Crippen MR) is 130 cm³/mol. The summed E-state index contributed by atoms with van der Waals surface area (Å²) in [5.74, 6) is 2.97. The molecule has 0 N–H and O–H groups in total. The molecule has 1 aliphatic rings. The molecule has 1 aliphatic carbocycles. The van der Waals surface area contributed by atoms with Gasteiger partial charge in [-0.05, 0) is 67.0 Å². The summed E-state index contributed by atoms with van der Waals surface area (Å²) in [5.41, 5.74) is 2.04. The van der Waals surface area contributed by atoms with Crippen molar-refractivity contribution in [1.29, 1.82) is 0 Å². The number of aromatic nitrogens is 2. The molecule has 0 radical (unpaired) electrons. The molecule has 0 amide bonds. The maximum atomic E-state index is 13.2. The van der Waals surface area contributed by atoms with Crippen molar-refractivity contribution in [2.45, 2.75) is 59.3 Å². The largest absolute Gasteiger partial charge is 0.481 e. The Morgan fingerprint density at radius 1 is 1.15 bits per heavy atom. The standard InChI is InChI=1S/C27H34ClN2O3/c1-18(2)22-14-9-19(3)15-25(22)33-27(31)16-30-24-8-6-5-7-23(24)29(4)26(30)17-32-21-12-10-20(28)11-13-21/h5-8,10-13,18-19,22,25H,9,14-17H2,1-4H3/q+1/t19-,22-,25+/m1/s1. The molecule has 33 heavy (non-hydrogen) atoms. The minimum Gasteiger partial charge on any atom is -0.481 e. The molecule has 3 atom stereocenters. The highest BCUT2D eigenvalue weighted by Gasteiger charge is 2.34. The zero-order valence-corrected chi connectivity index (χ0v) is 20.7. The number of carbonyl (C=O) groups is 1. The third-order valence-corrected chi connectivity index (χ3v) is 7.20. The fourth-order valence-corrected chi connectivity index (χ4v) is 5.18. The minimum atomic E-state index is -0.186. The van der Waals surface area contributed by atoms with Crippen LogP contribution >= 0.6 is 11.6 Å². The zero-order chi connectivity index (χ0) is 23.5. The van der Waals surface area contributed by atoms with Crippen LogP contribution in [0, 0.1) is 17.8 Å². The molecule has 0 spiro atoms. The van der Waals surface area contributed by atoms with E-state index in [1.165, 1.54) is 6.42 Å². The van der Waals surface area contributed by atoms with Crippen LogP contribution in [-0.2, 0) is 29.7 Å². The Morgan fingerprint density at radius 3 is 2.61 bits per heavy atom. The maximum Gasteiger partial charge on any atom is 0.348 e. The first kappa shape index (κ1) is 23.6. The number of carbonyl (C=O) groups excluding carboxylic acids is 1. The van der Waals surface area contributed by atoms with Crippen molar-refractivity contribution in [3.8, 4) is 5.75 Å². The number of ether oxygens (including phenoxy) is 2. The highest BCUT2D eigenvalue weighted by molar-refractivity contribution is 6.30. The molecule has 5 nitrogen and oxygen atoms in total. The average molecular weight is 470 g/mol. The highest BCUT2D eigenvalue weighted by Crippen LogP contribution is 2.35. The van der Waals surface area contributed by atoms with E-state index in [-0.39, 0.29) is 18.6 Å². The molecule has 176 valence electrons. The second-order valence-corrected chi connectivity index (χ2v) is 10.1. The molecule has 6 heteroatoms. The van der Waals surface area contributed by atoms with Crippen molar-refractivity contribution in [1.82, 2.24) is 4.57 Å². The summed E-state index contributed by atoms with van der Waals surface area (Å²) in [4.78, 5) is 13.2. The lowest BCUT2D eigenvalue weighted by Gasteiger charge is -2.36. The van der Waals surface area contributed by atoms with Gasteiger partial charge in [-0.3, -0.25) is 0 Å². The smallest absolute Gasteiger partial charge is 0.348 e. The summed E-state index contributed by atoms with van der Waals surface area (Å²) < 4.78 is 16.2. The van der Waals surface area contributed by atoms with Crippen molar-refractivity contribution in [3.63, 3.8) is 0 Å². The number of para-hydroxylation sites is 2. The molecule has 3 aromatic rings. The Kier molecular flexibility index (Phi) is 7.28. The first-order valence-corrected chi connectivity index (χ1v) is 12.2. The van der Waals surface area contributed by atoms with E-state index in [9.17, 15) is 4.79 Å². The number of hydrogen-bond acceptors (Lipinski definition) is 3. The lowest BCUT2D eigenvalue weighted by Crippen LogP contribution is -2.37. The molecule has 1 aromatic heterocycles. The van der Waals surface area contributed by atoms with Crippen molar-refractivity contribution >= 4 is 28.6 Å². The van der Waals surface area contributed by atoms with Gasteiger partial charge in [-0.1, -0.05) is 50.9 Å². The van der Waals surface area contributed by atoms with Gasteiger partial charge in [0, 0.05) is 5.02 Å².